The highest BCUT2D eigenvalue weighted by atomic mass is 35.5. The first kappa shape index (κ1) is 12.9. The van der Waals surface area contributed by atoms with Crippen molar-refractivity contribution in [3.8, 4) is 0 Å². The minimum Gasteiger partial charge on any atom is -0.337 e. The Kier molecular flexibility index (Phi) is 3.48. The number of amides is 1. The molecule has 2 aliphatic rings. The van der Waals surface area contributed by atoms with Crippen LogP contribution < -0.4 is 0 Å². The first-order valence-electron chi connectivity index (χ1n) is 7.08. The van der Waals surface area contributed by atoms with Gasteiger partial charge in [0.25, 0.3) is 0 Å². The van der Waals surface area contributed by atoms with Gasteiger partial charge in [-0.3, -0.25) is 9.78 Å². The standard InChI is InChI=1S/C15H19ClN2O/c1-10(16)15(19)18-7-6-14-12(9-18)8-11-4-2-3-5-13(11)17-14/h8,10H,2-7,9H2,1H3. The number of alkyl halides is 1. The average molecular weight is 279 g/mol. The van der Waals surface area contributed by atoms with E-state index in [-0.39, 0.29) is 5.91 Å². The lowest BCUT2D eigenvalue weighted by atomic mass is 9.92. The number of nitrogens with zero attached hydrogens (tertiary/aromatic N) is 2. The molecule has 1 aromatic heterocycles. The third-order valence-corrected chi connectivity index (χ3v) is 4.29. The summed E-state index contributed by atoms with van der Waals surface area (Å²) in [6.07, 6.45) is 5.62. The largest absolute Gasteiger partial charge is 0.337 e. The zero-order chi connectivity index (χ0) is 13.4. The summed E-state index contributed by atoms with van der Waals surface area (Å²) in [6, 6.07) is 2.27. The van der Waals surface area contributed by atoms with E-state index in [2.05, 4.69) is 6.07 Å². The minimum absolute atomic E-state index is 0.0324. The van der Waals surface area contributed by atoms with Crippen molar-refractivity contribution >= 4 is 17.5 Å². The van der Waals surface area contributed by atoms with Crippen LogP contribution in [-0.2, 0) is 30.6 Å². The summed E-state index contributed by atoms with van der Waals surface area (Å²) < 4.78 is 0. The number of fused-ring (bicyclic) bond motifs is 2. The van der Waals surface area contributed by atoms with Gasteiger partial charge in [-0.15, -0.1) is 11.6 Å². The molecule has 1 aliphatic heterocycles. The summed E-state index contributed by atoms with van der Waals surface area (Å²) in [6.45, 7) is 3.16. The van der Waals surface area contributed by atoms with Gasteiger partial charge in [-0.1, -0.05) is 6.07 Å². The van der Waals surface area contributed by atoms with E-state index in [4.69, 9.17) is 16.6 Å². The van der Waals surface area contributed by atoms with Gasteiger partial charge in [-0.25, -0.2) is 0 Å². The van der Waals surface area contributed by atoms with Crippen molar-refractivity contribution in [3.05, 3.63) is 28.6 Å². The maximum Gasteiger partial charge on any atom is 0.240 e. The summed E-state index contributed by atoms with van der Waals surface area (Å²) in [7, 11) is 0. The Bertz CT molecular complexity index is 513. The van der Waals surface area contributed by atoms with Crippen LogP contribution in [0.25, 0.3) is 0 Å². The molecule has 1 aromatic rings. The van der Waals surface area contributed by atoms with Crippen LogP contribution in [0.15, 0.2) is 6.07 Å². The summed E-state index contributed by atoms with van der Waals surface area (Å²) in [5, 5.41) is -0.438. The molecule has 102 valence electrons. The molecule has 19 heavy (non-hydrogen) atoms. The van der Waals surface area contributed by atoms with Crippen LogP contribution in [0.5, 0.6) is 0 Å². The maximum absolute atomic E-state index is 12.0. The van der Waals surface area contributed by atoms with Crippen LogP contribution in [0.3, 0.4) is 0 Å². The molecule has 0 fully saturated rings. The van der Waals surface area contributed by atoms with E-state index in [0.717, 1.165) is 25.8 Å². The lowest BCUT2D eigenvalue weighted by Gasteiger charge is -2.30. The van der Waals surface area contributed by atoms with Gasteiger partial charge in [0.05, 0.1) is 0 Å². The maximum atomic E-state index is 12.0. The van der Waals surface area contributed by atoms with Crippen LogP contribution >= 0.6 is 11.6 Å². The van der Waals surface area contributed by atoms with E-state index in [1.807, 2.05) is 4.90 Å². The summed E-state index contributed by atoms with van der Waals surface area (Å²) >= 11 is 5.90. The number of aryl methyl sites for hydroxylation is 2. The van der Waals surface area contributed by atoms with Gasteiger partial charge in [0, 0.05) is 30.9 Å². The molecule has 1 aliphatic carbocycles. The average Bonchev–Trinajstić information content (AvgIpc) is 2.43. The molecule has 0 aromatic carbocycles. The Hall–Kier alpha value is -1.09. The molecule has 0 radical (unpaired) electrons. The summed E-state index contributed by atoms with van der Waals surface area (Å²) in [5.41, 5.74) is 5.08. The van der Waals surface area contributed by atoms with Crippen molar-refractivity contribution in [1.29, 1.82) is 0 Å². The monoisotopic (exact) mass is 278 g/mol. The fraction of sp³-hybridized carbons (Fsp3) is 0.600. The lowest BCUT2D eigenvalue weighted by molar-refractivity contribution is -0.131. The van der Waals surface area contributed by atoms with E-state index < -0.39 is 5.38 Å². The zero-order valence-electron chi connectivity index (χ0n) is 11.3. The molecule has 4 heteroatoms. The Labute approximate surface area is 119 Å². The smallest absolute Gasteiger partial charge is 0.240 e. The van der Waals surface area contributed by atoms with Gasteiger partial charge in [-0.05, 0) is 43.7 Å². The number of carbonyl (C=O) groups excluding carboxylic acids is 1. The number of halogens is 1. The molecular formula is C15H19ClN2O. The molecule has 0 bridgehead atoms. The van der Waals surface area contributed by atoms with Crippen LogP contribution in [0.4, 0.5) is 0 Å². The Balaban J connectivity index is 1.86. The van der Waals surface area contributed by atoms with Crippen molar-refractivity contribution in [3.63, 3.8) is 0 Å². The quantitative estimate of drug-likeness (QED) is 0.740. The van der Waals surface area contributed by atoms with Crippen molar-refractivity contribution in [2.24, 2.45) is 0 Å². The Morgan fingerprint density at radius 1 is 1.26 bits per heavy atom. The summed E-state index contributed by atoms with van der Waals surface area (Å²) in [5.74, 6) is 0.0324. The molecular weight excluding hydrogens is 260 g/mol. The molecule has 0 saturated heterocycles. The number of rotatable bonds is 1. The third-order valence-electron chi connectivity index (χ3n) is 4.10. The number of hydrogen-bond acceptors (Lipinski definition) is 2. The van der Waals surface area contributed by atoms with Crippen molar-refractivity contribution in [2.45, 2.75) is 50.9 Å². The highest BCUT2D eigenvalue weighted by molar-refractivity contribution is 6.30. The first-order valence-corrected chi connectivity index (χ1v) is 7.52. The fourth-order valence-electron chi connectivity index (χ4n) is 3.04. The fourth-order valence-corrected chi connectivity index (χ4v) is 3.18. The molecule has 3 rings (SSSR count). The molecule has 1 unspecified atom stereocenters. The van der Waals surface area contributed by atoms with Gasteiger partial charge in [-0.2, -0.15) is 0 Å². The molecule has 0 spiro atoms. The predicted octanol–water partition coefficient (Wildman–Crippen LogP) is 2.47. The van der Waals surface area contributed by atoms with E-state index >= 15 is 0 Å². The molecule has 2 heterocycles. The van der Waals surface area contributed by atoms with Crippen molar-refractivity contribution < 1.29 is 4.79 Å². The van der Waals surface area contributed by atoms with Gasteiger partial charge >= 0.3 is 0 Å². The van der Waals surface area contributed by atoms with Crippen LogP contribution in [0.2, 0.25) is 0 Å². The highest BCUT2D eigenvalue weighted by Gasteiger charge is 2.25. The molecule has 0 saturated carbocycles. The Morgan fingerprint density at radius 2 is 2.00 bits per heavy atom. The first-order chi connectivity index (χ1) is 9.15. The van der Waals surface area contributed by atoms with Gasteiger partial charge in [0.1, 0.15) is 5.38 Å². The van der Waals surface area contributed by atoms with E-state index in [1.165, 1.54) is 35.4 Å². The van der Waals surface area contributed by atoms with Crippen molar-refractivity contribution in [1.82, 2.24) is 9.88 Å². The second-order valence-corrected chi connectivity index (χ2v) is 6.19. The van der Waals surface area contributed by atoms with Gasteiger partial charge in [0.2, 0.25) is 5.91 Å². The van der Waals surface area contributed by atoms with Crippen LogP contribution in [0, 0.1) is 0 Å². The lowest BCUT2D eigenvalue weighted by Crippen LogP contribution is -2.40. The van der Waals surface area contributed by atoms with E-state index in [1.54, 1.807) is 6.92 Å². The normalized spacial score (nSPS) is 19.6. The molecule has 3 nitrogen and oxygen atoms in total. The third kappa shape index (κ3) is 2.48. The topological polar surface area (TPSA) is 33.2 Å². The second-order valence-electron chi connectivity index (χ2n) is 5.53. The van der Waals surface area contributed by atoms with Crippen LogP contribution in [0.1, 0.15) is 42.3 Å². The highest BCUT2D eigenvalue weighted by Crippen LogP contribution is 2.26. The zero-order valence-corrected chi connectivity index (χ0v) is 12.0. The predicted molar refractivity (Wildman–Crippen MR) is 75.3 cm³/mol. The molecule has 0 N–H and O–H groups in total. The molecule has 1 amide bonds. The molecule has 1 atom stereocenters. The van der Waals surface area contributed by atoms with E-state index in [0.29, 0.717) is 6.54 Å². The van der Waals surface area contributed by atoms with Gasteiger partial charge in [0.15, 0.2) is 0 Å². The van der Waals surface area contributed by atoms with Gasteiger partial charge < -0.3 is 4.90 Å². The number of aromatic nitrogens is 1. The number of carbonyl (C=O) groups is 1. The SMILES string of the molecule is CC(Cl)C(=O)N1CCc2nc3c(cc2C1)CCCC3. The number of pyridine rings is 1. The summed E-state index contributed by atoms with van der Waals surface area (Å²) in [4.78, 5) is 18.6. The van der Waals surface area contributed by atoms with E-state index in [9.17, 15) is 4.79 Å². The second kappa shape index (κ2) is 5.12. The number of hydrogen-bond donors (Lipinski definition) is 0. The minimum atomic E-state index is -0.438. The van der Waals surface area contributed by atoms with Crippen LogP contribution in [-0.4, -0.2) is 27.7 Å². The van der Waals surface area contributed by atoms with Crippen molar-refractivity contribution in [2.75, 3.05) is 6.54 Å². The Morgan fingerprint density at radius 3 is 2.79 bits per heavy atom.